The molecule has 1 aliphatic rings. The van der Waals surface area contributed by atoms with Crippen molar-refractivity contribution >= 4 is 5.91 Å². The van der Waals surface area contributed by atoms with Crippen molar-refractivity contribution in [1.82, 2.24) is 4.90 Å². The van der Waals surface area contributed by atoms with Crippen LogP contribution in [-0.2, 0) is 0 Å². The van der Waals surface area contributed by atoms with Crippen molar-refractivity contribution in [3.63, 3.8) is 0 Å². The first-order chi connectivity index (χ1) is 10.0. The lowest BCUT2D eigenvalue weighted by molar-refractivity contribution is 0.0784. The van der Waals surface area contributed by atoms with Crippen LogP contribution in [0.5, 0.6) is 0 Å². The molecule has 0 saturated carbocycles. The summed E-state index contributed by atoms with van der Waals surface area (Å²) in [4.78, 5) is 14.6. The third kappa shape index (κ3) is 3.65. The van der Waals surface area contributed by atoms with Gasteiger partial charge in [0, 0.05) is 25.1 Å². The van der Waals surface area contributed by atoms with Crippen molar-refractivity contribution in [3.05, 3.63) is 34.9 Å². The van der Waals surface area contributed by atoms with Crippen LogP contribution in [0.4, 0.5) is 0 Å². The summed E-state index contributed by atoms with van der Waals surface area (Å²) in [7, 11) is 0. The highest BCUT2D eigenvalue weighted by Gasteiger charge is 2.30. The summed E-state index contributed by atoms with van der Waals surface area (Å²) in [5.74, 6) is 7.09. The monoisotopic (exact) mass is 285 g/mol. The van der Waals surface area contributed by atoms with Crippen molar-refractivity contribution in [2.45, 2.75) is 27.2 Å². The maximum Gasteiger partial charge on any atom is 0.255 e. The van der Waals surface area contributed by atoms with Gasteiger partial charge in [-0.2, -0.15) is 0 Å². The van der Waals surface area contributed by atoms with Gasteiger partial charge in [-0.05, 0) is 36.5 Å². The third-order valence-corrected chi connectivity index (χ3v) is 4.14. The Kier molecular flexibility index (Phi) is 5.03. The number of rotatable bonds is 2. The molecule has 112 valence electrons. The summed E-state index contributed by atoms with van der Waals surface area (Å²) in [5, 5.41) is 8.83. The third-order valence-electron chi connectivity index (χ3n) is 4.14. The molecule has 0 aliphatic carbocycles. The van der Waals surface area contributed by atoms with Crippen LogP contribution in [0.3, 0.4) is 0 Å². The van der Waals surface area contributed by atoms with Crippen molar-refractivity contribution in [2.24, 2.45) is 11.8 Å². The largest absolute Gasteiger partial charge is 0.395 e. The lowest BCUT2D eigenvalue weighted by Gasteiger charge is -2.17. The summed E-state index contributed by atoms with van der Waals surface area (Å²) in [5.41, 5.74) is 2.52. The molecule has 1 N–H and O–H groups in total. The van der Waals surface area contributed by atoms with E-state index in [1.165, 1.54) is 0 Å². The van der Waals surface area contributed by atoms with E-state index in [-0.39, 0.29) is 12.5 Å². The average Bonchev–Trinajstić information content (AvgIpc) is 2.78. The Morgan fingerprint density at radius 2 is 2.00 bits per heavy atom. The smallest absolute Gasteiger partial charge is 0.255 e. The summed E-state index contributed by atoms with van der Waals surface area (Å²) >= 11 is 0. The second kappa shape index (κ2) is 6.78. The molecule has 3 nitrogen and oxygen atoms in total. The number of hydrogen-bond acceptors (Lipinski definition) is 2. The van der Waals surface area contributed by atoms with E-state index in [0.29, 0.717) is 23.8 Å². The first kappa shape index (κ1) is 15.6. The SMILES string of the molecule is Cc1ccc(C(=O)N2CC(C)C(C)C2)c(C#CCCO)c1. The van der Waals surface area contributed by atoms with E-state index in [1.54, 1.807) is 0 Å². The van der Waals surface area contributed by atoms with Crippen LogP contribution in [0.15, 0.2) is 18.2 Å². The van der Waals surface area contributed by atoms with Gasteiger partial charge in [0.15, 0.2) is 0 Å². The van der Waals surface area contributed by atoms with E-state index in [0.717, 1.165) is 24.2 Å². The molecule has 0 bridgehead atoms. The molecule has 1 aromatic carbocycles. The number of nitrogens with zero attached hydrogens (tertiary/aromatic N) is 1. The van der Waals surface area contributed by atoms with Crippen LogP contribution < -0.4 is 0 Å². The Morgan fingerprint density at radius 1 is 1.33 bits per heavy atom. The fourth-order valence-corrected chi connectivity index (χ4v) is 2.63. The zero-order valence-corrected chi connectivity index (χ0v) is 13.0. The standard InChI is InChI=1S/C18H23NO2/c1-13-7-8-17(16(10-13)6-4-5-9-20)18(21)19-11-14(2)15(3)12-19/h7-8,10,14-15,20H,5,9,11-12H2,1-3H3. The average molecular weight is 285 g/mol. The minimum absolute atomic E-state index is 0.0449. The number of likely N-dealkylation sites (tertiary alicyclic amines) is 1. The van der Waals surface area contributed by atoms with Gasteiger partial charge in [-0.1, -0.05) is 31.8 Å². The molecule has 1 aromatic rings. The zero-order chi connectivity index (χ0) is 15.4. The summed E-state index contributed by atoms with van der Waals surface area (Å²) in [6.07, 6.45) is 0.430. The molecule has 0 radical (unpaired) electrons. The van der Waals surface area contributed by atoms with E-state index in [1.807, 2.05) is 30.0 Å². The van der Waals surface area contributed by atoms with Gasteiger partial charge in [0.2, 0.25) is 0 Å². The van der Waals surface area contributed by atoms with Gasteiger partial charge >= 0.3 is 0 Å². The van der Waals surface area contributed by atoms with Crippen LogP contribution in [-0.4, -0.2) is 35.6 Å². The molecule has 21 heavy (non-hydrogen) atoms. The van der Waals surface area contributed by atoms with E-state index in [4.69, 9.17) is 5.11 Å². The molecular weight excluding hydrogens is 262 g/mol. The quantitative estimate of drug-likeness (QED) is 0.848. The number of amides is 1. The van der Waals surface area contributed by atoms with Gasteiger partial charge in [-0.3, -0.25) is 4.79 Å². The molecular formula is C18H23NO2. The lowest BCUT2D eigenvalue weighted by Crippen LogP contribution is -2.29. The highest BCUT2D eigenvalue weighted by Crippen LogP contribution is 2.24. The lowest BCUT2D eigenvalue weighted by atomic mass is 10.0. The van der Waals surface area contributed by atoms with Gasteiger partial charge in [0.1, 0.15) is 0 Å². The molecule has 1 aliphatic heterocycles. The second-order valence-electron chi connectivity index (χ2n) is 5.99. The molecule has 1 fully saturated rings. The summed E-state index contributed by atoms with van der Waals surface area (Å²) in [6.45, 7) is 8.05. The predicted octanol–water partition coefficient (Wildman–Crippen LogP) is 2.46. The Balaban J connectivity index is 2.27. The maximum absolute atomic E-state index is 12.7. The van der Waals surface area contributed by atoms with Crippen molar-refractivity contribution in [2.75, 3.05) is 19.7 Å². The molecule has 3 heteroatoms. The van der Waals surface area contributed by atoms with Crippen LogP contribution in [0, 0.1) is 30.6 Å². The second-order valence-corrected chi connectivity index (χ2v) is 5.99. The topological polar surface area (TPSA) is 40.5 Å². The fraction of sp³-hybridized carbons (Fsp3) is 0.500. The molecule has 1 amide bonds. The van der Waals surface area contributed by atoms with Gasteiger partial charge in [-0.15, -0.1) is 0 Å². The van der Waals surface area contributed by atoms with E-state index >= 15 is 0 Å². The van der Waals surface area contributed by atoms with Crippen molar-refractivity contribution in [1.29, 1.82) is 0 Å². The van der Waals surface area contributed by atoms with E-state index < -0.39 is 0 Å². The molecule has 2 unspecified atom stereocenters. The number of benzene rings is 1. The Labute approximate surface area is 127 Å². The Hall–Kier alpha value is -1.79. The van der Waals surface area contributed by atoms with Crippen LogP contribution in [0.2, 0.25) is 0 Å². The normalized spacial score (nSPS) is 21.0. The van der Waals surface area contributed by atoms with Crippen LogP contribution in [0.1, 0.15) is 41.8 Å². The number of carbonyl (C=O) groups excluding carboxylic acids is 1. The number of hydrogen-bond donors (Lipinski definition) is 1. The van der Waals surface area contributed by atoms with E-state index in [2.05, 4.69) is 25.7 Å². The van der Waals surface area contributed by atoms with Gasteiger partial charge in [0.05, 0.1) is 12.2 Å². The summed E-state index contributed by atoms with van der Waals surface area (Å²) in [6, 6.07) is 5.77. The first-order valence-corrected chi connectivity index (χ1v) is 7.52. The summed E-state index contributed by atoms with van der Waals surface area (Å²) < 4.78 is 0. The molecule has 2 rings (SSSR count). The number of aryl methyl sites for hydroxylation is 1. The highest BCUT2D eigenvalue weighted by atomic mass is 16.2. The number of aliphatic hydroxyl groups is 1. The van der Waals surface area contributed by atoms with Crippen molar-refractivity contribution in [3.8, 4) is 11.8 Å². The van der Waals surface area contributed by atoms with Gasteiger partial charge in [0.25, 0.3) is 5.91 Å². The Bertz CT molecular complexity index is 573. The number of aliphatic hydroxyl groups excluding tert-OH is 1. The first-order valence-electron chi connectivity index (χ1n) is 7.52. The highest BCUT2D eigenvalue weighted by molar-refractivity contribution is 5.97. The van der Waals surface area contributed by atoms with Gasteiger partial charge < -0.3 is 10.0 Å². The maximum atomic E-state index is 12.7. The zero-order valence-electron chi connectivity index (χ0n) is 13.0. The number of carbonyl (C=O) groups is 1. The molecule has 0 aromatic heterocycles. The van der Waals surface area contributed by atoms with Crippen LogP contribution >= 0.6 is 0 Å². The molecule has 1 saturated heterocycles. The van der Waals surface area contributed by atoms with E-state index in [9.17, 15) is 4.79 Å². The van der Waals surface area contributed by atoms with Crippen molar-refractivity contribution < 1.29 is 9.90 Å². The molecule has 2 atom stereocenters. The van der Waals surface area contributed by atoms with Crippen LogP contribution in [0.25, 0.3) is 0 Å². The Morgan fingerprint density at radius 3 is 2.62 bits per heavy atom. The predicted molar refractivity (Wildman–Crippen MR) is 84.0 cm³/mol. The fourth-order valence-electron chi connectivity index (χ4n) is 2.63. The molecule has 0 spiro atoms. The molecule has 1 heterocycles. The minimum Gasteiger partial charge on any atom is -0.395 e. The van der Waals surface area contributed by atoms with Gasteiger partial charge in [-0.25, -0.2) is 0 Å². The minimum atomic E-state index is 0.0449.